The van der Waals surface area contributed by atoms with Gasteiger partial charge in [-0.15, -0.1) is 0 Å². The van der Waals surface area contributed by atoms with Crippen LogP contribution in [0.1, 0.15) is 68.3 Å². The van der Waals surface area contributed by atoms with Gasteiger partial charge < -0.3 is 14.2 Å². The van der Waals surface area contributed by atoms with Crippen LogP contribution >= 0.6 is 0 Å². The largest absolute Gasteiger partial charge is 0.492 e. The second-order valence-electron chi connectivity index (χ2n) is 7.60. The summed E-state index contributed by atoms with van der Waals surface area (Å²) >= 11 is 0. The van der Waals surface area contributed by atoms with Gasteiger partial charge in [-0.2, -0.15) is 5.26 Å². The van der Waals surface area contributed by atoms with E-state index < -0.39 is 32.9 Å². The second kappa shape index (κ2) is 13.5. The predicted molar refractivity (Wildman–Crippen MR) is 126 cm³/mol. The number of benzene rings is 2. The molecule has 0 amide bonds. The third kappa shape index (κ3) is 7.40. The number of unbranched alkanes of at least 4 members (excludes halogenated alkanes) is 4. The van der Waals surface area contributed by atoms with Crippen LogP contribution in [0, 0.1) is 31.6 Å². The number of esters is 1. The Bertz CT molecular complexity index is 1110. The van der Waals surface area contributed by atoms with Crippen molar-refractivity contribution in [2.75, 3.05) is 13.2 Å². The molecule has 0 aromatic heterocycles. The maximum absolute atomic E-state index is 12.7. The van der Waals surface area contributed by atoms with E-state index in [4.69, 9.17) is 14.2 Å². The summed E-state index contributed by atoms with van der Waals surface area (Å²) in [6.07, 6.45) is 5.34. The predicted octanol–water partition coefficient (Wildman–Crippen LogP) is 5.73. The van der Waals surface area contributed by atoms with Crippen molar-refractivity contribution in [3.63, 3.8) is 0 Å². The van der Waals surface area contributed by atoms with Crippen molar-refractivity contribution in [3.8, 4) is 23.3 Å². The number of hydrogen-bond acceptors (Lipinski definition) is 9. The number of nitro benzene ring substituents is 2. The fourth-order valence-corrected chi connectivity index (χ4v) is 3.16. The van der Waals surface area contributed by atoms with Crippen LogP contribution in [0.25, 0.3) is 0 Å². The van der Waals surface area contributed by atoms with Gasteiger partial charge in [0.05, 0.1) is 34.2 Å². The molecule has 0 spiro atoms. The van der Waals surface area contributed by atoms with Crippen molar-refractivity contribution in [1.29, 1.82) is 5.26 Å². The van der Waals surface area contributed by atoms with Gasteiger partial charge in [-0.05, 0) is 43.2 Å². The van der Waals surface area contributed by atoms with Gasteiger partial charge in [0.1, 0.15) is 11.8 Å². The summed E-state index contributed by atoms with van der Waals surface area (Å²) in [5.41, 5.74) is -1.87. The highest BCUT2D eigenvalue weighted by Gasteiger charge is 2.36. The first-order valence-corrected chi connectivity index (χ1v) is 11.3. The molecule has 0 N–H and O–H groups in total. The van der Waals surface area contributed by atoms with E-state index in [1.807, 2.05) is 13.0 Å². The Kier molecular flexibility index (Phi) is 10.4. The van der Waals surface area contributed by atoms with Gasteiger partial charge in [-0.25, -0.2) is 4.79 Å². The highest BCUT2D eigenvalue weighted by Crippen LogP contribution is 2.43. The maximum atomic E-state index is 12.7. The minimum absolute atomic E-state index is 0.0693. The third-order valence-corrected chi connectivity index (χ3v) is 4.99. The van der Waals surface area contributed by atoms with E-state index in [0.29, 0.717) is 18.8 Å². The molecule has 186 valence electrons. The molecule has 11 nitrogen and oxygen atoms in total. The Labute approximate surface area is 202 Å². The summed E-state index contributed by atoms with van der Waals surface area (Å²) in [5.74, 6) is -1.62. The molecule has 0 radical (unpaired) electrons. The first kappa shape index (κ1) is 27.0. The lowest BCUT2D eigenvalue weighted by atomic mass is 10.1. The standard InChI is InChI=1S/C24H27N3O8/c1-3-5-7-8-14-33-19-10-9-17(15-18(19)16-25)24(28)35-21-12-11-20(34-13-6-4-2)22(26(29)30)23(21)27(31)32/h9-12,15H,3-8,13-14H2,1-2H3. The van der Waals surface area contributed by atoms with Crippen LogP contribution in [0.4, 0.5) is 11.4 Å². The van der Waals surface area contributed by atoms with Crippen LogP contribution in [0.2, 0.25) is 0 Å². The topological polar surface area (TPSA) is 155 Å². The number of carbonyl (C=O) groups excluding carboxylic acids is 1. The molecule has 35 heavy (non-hydrogen) atoms. The minimum Gasteiger partial charge on any atom is -0.492 e. The number of nitro groups is 2. The molecule has 11 heteroatoms. The molecule has 0 aliphatic rings. The molecule has 0 heterocycles. The van der Waals surface area contributed by atoms with E-state index in [-0.39, 0.29) is 23.5 Å². The highest BCUT2D eigenvalue weighted by molar-refractivity contribution is 5.92. The fraction of sp³-hybridized carbons (Fsp3) is 0.417. The number of hydrogen-bond donors (Lipinski definition) is 0. The van der Waals surface area contributed by atoms with Crippen LogP contribution < -0.4 is 14.2 Å². The molecule has 2 rings (SSSR count). The monoisotopic (exact) mass is 485 g/mol. The molecule has 0 unspecified atom stereocenters. The Hall–Kier alpha value is -4.20. The van der Waals surface area contributed by atoms with Crippen molar-refractivity contribution < 1.29 is 28.9 Å². The Morgan fingerprint density at radius 1 is 0.857 bits per heavy atom. The van der Waals surface area contributed by atoms with Gasteiger partial charge in [0, 0.05) is 0 Å². The molecule has 2 aromatic rings. The van der Waals surface area contributed by atoms with Gasteiger partial charge in [0.15, 0.2) is 0 Å². The van der Waals surface area contributed by atoms with Gasteiger partial charge >= 0.3 is 17.3 Å². The van der Waals surface area contributed by atoms with Crippen LogP contribution in [-0.4, -0.2) is 29.0 Å². The number of nitriles is 1. The summed E-state index contributed by atoms with van der Waals surface area (Å²) in [5, 5.41) is 32.7. The molecule has 0 fully saturated rings. The number of nitrogens with zero attached hydrogens (tertiary/aromatic N) is 3. The van der Waals surface area contributed by atoms with Gasteiger partial charge in [-0.1, -0.05) is 39.5 Å². The summed E-state index contributed by atoms with van der Waals surface area (Å²) in [6.45, 7) is 4.54. The first-order chi connectivity index (χ1) is 16.8. The molecule has 0 aliphatic heterocycles. The number of carbonyl (C=O) groups is 1. The maximum Gasteiger partial charge on any atom is 0.392 e. The van der Waals surface area contributed by atoms with Crippen molar-refractivity contribution in [2.45, 2.75) is 52.4 Å². The normalized spacial score (nSPS) is 10.3. The van der Waals surface area contributed by atoms with Crippen molar-refractivity contribution in [1.82, 2.24) is 0 Å². The zero-order chi connectivity index (χ0) is 25.8. The molecular formula is C24H27N3O8. The van der Waals surface area contributed by atoms with Crippen molar-refractivity contribution in [3.05, 3.63) is 61.7 Å². The SMILES string of the molecule is CCCCCCOc1ccc(C(=O)Oc2ccc(OCCCC)c([N+](=O)[O-])c2[N+](=O)[O-])cc1C#N. The van der Waals surface area contributed by atoms with Crippen molar-refractivity contribution >= 4 is 17.3 Å². The molecular weight excluding hydrogens is 458 g/mol. The van der Waals surface area contributed by atoms with E-state index in [0.717, 1.165) is 44.2 Å². The quantitative estimate of drug-likeness (QED) is 0.107. The third-order valence-electron chi connectivity index (χ3n) is 4.99. The van der Waals surface area contributed by atoms with E-state index >= 15 is 0 Å². The lowest BCUT2D eigenvalue weighted by molar-refractivity contribution is -0.423. The number of rotatable bonds is 14. The van der Waals surface area contributed by atoms with Crippen LogP contribution in [0.3, 0.4) is 0 Å². The Balaban J connectivity index is 2.28. The lowest BCUT2D eigenvalue weighted by Gasteiger charge is -2.11. The molecule has 2 aromatic carbocycles. The first-order valence-electron chi connectivity index (χ1n) is 11.3. The summed E-state index contributed by atoms with van der Waals surface area (Å²) < 4.78 is 16.1. The zero-order valence-corrected chi connectivity index (χ0v) is 19.7. The van der Waals surface area contributed by atoms with Gasteiger partial charge in [0.2, 0.25) is 11.5 Å². The van der Waals surface area contributed by atoms with E-state index in [1.165, 1.54) is 18.2 Å². The Morgan fingerprint density at radius 2 is 1.43 bits per heavy atom. The van der Waals surface area contributed by atoms with Crippen LogP contribution in [0.5, 0.6) is 17.2 Å². The van der Waals surface area contributed by atoms with E-state index in [2.05, 4.69) is 6.92 Å². The van der Waals surface area contributed by atoms with E-state index in [9.17, 15) is 30.3 Å². The van der Waals surface area contributed by atoms with Crippen LogP contribution in [0.15, 0.2) is 30.3 Å². The van der Waals surface area contributed by atoms with E-state index in [1.54, 1.807) is 0 Å². The smallest absolute Gasteiger partial charge is 0.392 e. The van der Waals surface area contributed by atoms with Crippen molar-refractivity contribution in [2.24, 2.45) is 0 Å². The lowest BCUT2D eigenvalue weighted by Crippen LogP contribution is -2.12. The zero-order valence-electron chi connectivity index (χ0n) is 19.7. The van der Waals surface area contributed by atoms with Crippen LogP contribution in [-0.2, 0) is 0 Å². The summed E-state index contributed by atoms with van der Waals surface area (Å²) in [4.78, 5) is 34.0. The molecule has 0 saturated carbocycles. The molecule has 0 bridgehead atoms. The van der Waals surface area contributed by atoms with Gasteiger partial charge in [0.25, 0.3) is 0 Å². The molecule has 0 atom stereocenters. The summed E-state index contributed by atoms with van der Waals surface area (Å²) in [7, 11) is 0. The molecule has 0 aliphatic carbocycles. The van der Waals surface area contributed by atoms with Gasteiger partial charge in [-0.3, -0.25) is 20.2 Å². The average molecular weight is 485 g/mol. The Morgan fingerprint density at radius 3 is 2.06 bits per heavy atom. The average Bonchev–Trinajstić information content (AvgIpc) is 2.84. The second-order valence-corrected chi connectivity index (χ2v) is 7.60. The summed E-state index contributed by atoms with van der Waals surface area (Å²) in [6, 6.07) is 8.21. The molecule has 0 saturated heterocycles. The fourth-order valence-electron chi connectivity index (χ4n) is 3.16. The highest BCUT2D eigenvalue weighted by atomic mass is 16.6. The minimum atomic E-state index is -1.02. The number of ether oxygens (including phenoxy) is 3.